The summed E-state index contributed by atoms with van der Waals surface area (Å²) in [6, 6.07) is 7.74. The molecule has 0 aliphatic rings. The minimum absolute atomic E-state index is 0.259. The Balaban J connectivity index is 1.81. The summed E-state index contributed by atoms with van der Waals surface area (Å²) in [7, 11) is 3.81. The highest BCUT2D eigenvalue weighted by molar-refractivity contribution is 6.02. The van der Waals surface area contributed by atoms with Crippen LogP contribution in [0.5, 0.6) is 0 Å². The third kappa shape index (κ3) is 3.82. The highest BCUT2D eigenvalue weighted by atomic mass is 16.1. The molecule has 2 aromatic heterocycles. The molecule has 1 aromatic carbocycles. The lowest BCUT2D eigenvalue weighted by molar-refractivity contribution is 0.102. The molecule has 0 atom stereocenters. The lowest BCUT2D eigenvalue weighted by atomic mass is 10.1. The second-order valence-corrected chi connectivity index (χ2v) is 6.13. The van der Waals surface area contributed by atoms with Crippen LogP contribution in [0.1, 0.15) is 21.6 Å². The molecule has 0 aliphatic carbocycles. The van der Waals surface area contributed by atoms with E-state index in [4.69, 9.17) is 0 Å². The van der Waals surface area contributed by atoms with Crippen LogP contribution in [0, 0.1) is 13.8 Å². The second kappa shape index (κ2) is 6.72. The molecular formula is C18H20N6O. The molecule has 7 nitrogen and oxygen atoms in total. The van der Waals surface area contributed by atoms with Crippen LogP contribution in [0.15, 0.2) is 43.1 Å². The van der Waals surface area contributed by atoms with Crippen LogP contribution in [0.2, 0.25) is 0 Å². The summed E-state index contributed by atoms with van der Waals surface area (Å²) < 4.78 is 1.70. The van der Waals surface area contributed by atoms with Gasteiger partial charge in [0.1, 0.15) is 30.0 Å². The number of hydrogen-bond donors (Lipinski definition) is 1. The van der Waals surface area contributed by atoms with Crippen LogP contribution in [-0.4, -0.2) is 39.5 Å². The van der Waals surface area contributed by atoms with Gasteiger partial charge in [0.25, 0.3) is 5.91 Å². The van der Waals surface area contributed by atoms with Gasteiger partial charge in [0.2, 0.25) is 0 Å². The average Bonchev–Trinajstić information content (AvgIpc) is 3.04. The predicted molar refractivity (Wildman–Crippen MR) is 97.4 cm³/mol. The molecule has 128 valence electrons. The normalized spacial score (nSPS) is 10.6. The van der Waals surface area contributed by atoms with Crippen molar-refractivity contribution in [2.75, 3.05) is 24.3 Å². The topological polar surface area (TPSA) is 75.9 Å². The van der Waals surface area contributed by atoms with Crippen molar-refractivity contribution >= 4 is 17.4 Å². The van der Waals surface area contributed by atoms with Crippen molar-refractivity contribution in [2.24, 2.45) is 0 Å². The van der Waals surface area contributed by atoms with E-state index in [9.17, 15) is 4.79 Å². The summed E-state index contributed by atoms with van der Waals surface area (Å²) in [6.45, 7) is 3.99. The highest BCUT2D eigenvalue weighted by Crippen LogP contribution is 2.16. The van der Waals surface area contributed by atoms with Crippen molar-refractivity contribution in [1.29, 1.82) is 0 Å². The van der Waals surface area contributed by atoms with Gasteiger partial charge in [-0.15, -0.1) is 0 Å². The molecular weight excluding hydrogens is 316 g/mol. The molecule has 0 unspecified atom stereocenters. The summed E-state index contributed by atoms with van der Waals surface area (Å²) in [5.41, 5.74) is 3.27. The summed E-state index contributed by atoms with van der Waals surface area (Å²) >= 11 is 0. The van der Waals surface area contributed by atoms with E-state index in [0.29, 0.717) is 11.5 Å². The number of rotatable bonds is 4. The maximum absolute atomic E-state index is 12.4. The fourth-order valence-electron chi connectivity index (χ4n) is 2.53. The van der Waals surface area contributed by atoms with Crippen LogP contribution in [-0.2, 0) is 0 Å². The Morgan fingerprint density at radius 3 is 2.44 bits per heavy atom. The molecule has 1 amide bonds. The van der Waals surface area contributed by atoms with Gasteiger partial charge in [-0.25, -0.2) is 15.0 Å². The standard InChI is InChI=1S/C18H20N6O/c1-12-5-13(2)7-14(6-12)22-18(25)15-9-24(11-21-15)17-8-16(23(3)4)19-10-20-17/h5-11H,1-4H3,(H,22,25). The Kier molecular flexibility index (Phi) is 4.47. The first-order valence-corrected chi connectivity index (χ1v) is 7.86. The first kappa shape index (κ1) is 16.6. The molecule has 0 fully saturated rings. The van der Waals surface area contributed by atoms with Crippen LogP contribution >= 0.6 is 0 Å². The number of anilines is 2. The Morgan fingerprint density at radius 1 is 1.04 bits per heavy atom. The number of aromatic nitrogens is 4. The van der Waals surface area contributed by atoms with Crippen molar-refractivity contribution < 1.29 is 4.79 Å². The Bertz CT molecular complexity index is 895. The van der Waals surface area contributed by atoms with Gasteiger partial charge in [0.05, 0.1) is 0 Å². The number of imidazole rings is 1. The van der Waals surface area contributed by atoms with Crippen LogP contribution < -0.4 is 10.2 Å². The summed E-state index contributed by atoms with van der Waals surface area (Å²) in [5.74, 6) is 1.17. The Labute approximate surface area is 146 Å². The van der Waals surface area contributed by atoms with E-state index in [1.165, 1.54) is 6.33 Å². The number of nitrogens with one attached hydrogen (secondary N) is 1. The highest BCUT2D eigenvalue weighted by Gasteiger charge is 2.12. The largest absolute Gasteiger partial charge is 0.363 e. The summed E-state index contributed by atoms with van der Waals surface area (Å²) in [5, 5.41) is 2.88. The number of nitrogens with zero attached hydrogens (tertiary/aromatic N) is 5. The van der Waals surface area contributed by atoms with E-state index in [1.807, 2.05) is 51.0 Å². The van der Waals surface area contributed by atoms with Crippen molar-refractivity contribution in [3.63, 3.8) is 0 Å². The van der Waals surface area contributed by atoms with Gasteiger partial charge in [0, 0.05) is 32.0 Å². The van der Waals surface area contributed by atoms with Gasteiger partial charge in [-0.3, -0.25) is 9.36 Å². The number of aryl methyl sites for hydroxylation is 2. The van der Waals surface area contributed by atoms with Gasteiger partial charge in [-0.05, 0) is 37.1 Å². The minimum Gasteiger partial charge on any atom is -0.363 e. The molecule has 0 radical (unpaired) electrons. The third-order valence-corrected chi connectivity index (χ3v) is 3.66. The summed E-state index contributed by atoms with van der Waals surface area (Å²) in [4.78, 5) is 26.9. The molecule has 3 aromatic rings. The SMILES string of the molecule is Cc1cc(C)cc(NC(=O)c2cn(-c3cc(N(C)C)ncn3)cn2)c1. The first-order valence-electron chi connectivity index (χ1n) is 7.86. The van der Waals surface area contributed by atoms with Crippen molar-refractivity contribution in [2.45, 2.75) is 13.8 Å². The molecule has 0 bridgehead atoms. The van der Waals surface area contributed by atoms with Crippen LogP contribution in [0.4, 0.5) is 11.5 Å². The third-order valence-electron chi connectivity index (χ3n) is 3.66. The van der Waals surface area contributed by atoms with E-state index in [2.05, 4.69) is 26.3 Å². The fraction of sp³-hybridized carbons (Fsp3) is 0.222. The zero-order valence-electron chi connectivity index (χ0n) is 14.7. The van der Waals surface area contributed by atoms with Crippen molar-refractivity contribution in [3.05, 3.63) is 59.9 Å². The maximum Gasteiger partial charge on any atom is 0.275 e. The Morgan fingerprint density at radius 2 is 1.76 bits per heavy atom. The monoisotopic (exact) mass is 336 g/mol. The van der Waals surface area contributed by atoms with E-state index in [1.54, 1.807) is 17.1 Å². The molecule has 2 heterocycles. The molecule has 0 saturated heterocycles. The van der Waals surface area contributed by atoms with Gasteiger partial charge < -0.3 is 10.2 Å². The van der Waals surface area contributed by atoms with Crippen LogP contribution in [0.25, 0.3) is 5.82 Å². The molecule has 0 aliphatic heterocycles. The van der Waals surface area contributed by atoms with Crippen molar-refractivity contribution in [3.8, 4) is 5.82 Å². The van der Waals surface area contributed by atoms with Crippen LogP contribution in [0.3, 0.4) is 0 Å². The first-order chi connectivity index (χ1) is 11.9. The van der Waals surface area contributed by atoms with Crippen molar-refractivity contribution in [1.82, 2.24) is 19.5 Å². The van der Waals surface area contributed by atoms with E-state index in [0.717, 1.165) is 22.6 Å². The molecule has 0 spiro atoms. The second-order valence-electron chi connectivity index (χ2n) is 6.13. The fourth-order valence-corrected chi connectivity index (χ4v) is 2.53. The average molecular weight is 336 g/mol. The van der Waals surface area contributed by atoms with Gasteiger partial charge >= 0.3 is 0 Å². The van der Waals surface area contributed by atoms with Gasteiger partial charge in [-0.1, -0.05) is 6.07 Å². The zero-order chi connectivity index (χ0) is 18.0. The molecule has 25 heavy (non-hydrogen) atoms. The zero-order valence-corrected chi connectivity index (χ0v) is 14.7. The smallest absolute Gasteiger partial charge is 0.275 e. The van der Waals surface area contributed by atoms with E-state index >= 15 is 0 Å². The van der Waals surface area contributed by atoms with E-state index < -0.39 is 0 Å². The number of benzene rings is 1. The number of hydrogen-bond acceptors (Lipinski definition) is 5. The molecule has 3 rings (SSSR count). The molecule has 7 heteroatoms. The lowest BCUT2D eigenvalue weighted by Crippen LogP contribution is -2.13. The predicted octanol–water partition coefficient (Wildman–Crippen LogP) is 2.60. The molecule has 1 N–H and O–H groups in total. The minimum atomic E-state index is -0.259. The number of carbonyl (C=O) groups is 1. The number of amides is 1. The Hall–Kier alpha value is -3.22. The van der Waals surface area contributed by atoms with Gasteiger partial charge in [-0.2, -0.15) is 0 Å². The molecule has 0 saturated carbocycles. The lowest BCUT2D eigenvalue weighted by Gasteiger charge is -2.11. The number of carbonyl (C=O) groups excluding carboxylic acids is 1. The van der Waals surface area contributed by atoms with Gasteiger partial charge in [0.15, 0.2) is 0 Å². The maximum atomic E-state index is 12.4. The quantitative estimate of drug-likeness (QED) is 0.792. The summed E-state index contributed by atoms with van der Waals surface area (Å²) in [6.07, 6.45) is 4.71. The van der Waals surface area contributed by atoms with E-state index in [-0.39, 0.29) is 5.91 Å².